The van der Waals surface area contributed by atoms with E-state index in [4.69, 9.17) is 5.73 Å². The summed E-state index contributed by atoms with van der Waals surface area (Å²) in [4.78, 5) is 25.2. The van der Waals surface area contributed by atoms with E-state index >= 15 is 0 Å². The Kier molecular flexibility index (Phi) is 2.98. The number of hydrogen-bond donors (Lipinski definition) is 1. The Bertz CT molecular complexity index is 482. The van der Waals surface area contributed by atoms with Crippen molar-refractivity contribution in [2.24, 2.45) is 11.7 Å². The molecular formula is C13H16N2O2. The molecule has 1 aromatic rings. The van der Waals surface area contributed by atoms with Gasteiger partial charge >= 0.3 is 0 Å². The van der Waals surface area contributed by atoms with Crippen LogP contribution in [0.1, 0.15) is 22.8 Å². The standard InChI is InChI=1S/C13H16N2O2/c1-8-3-4-11-10(5-8)12(16)13(17)15(11)7-9(2)6-14/h3-5,9H,6-7,14H2,1-2H3. The molecule has 1 amide bonds. The van der Waals surface area contributed by atoms with E-state index in [1.165, 1.54) is 4.90 Å². The Balaban J connectivity index is 2.38. The van der Waals surface area contributed by atoms with Crippen molar-refractivity contribution in [1.29, 1.82) is 0 Å². The lowest BCUT2D eigenvalue weighted by Gasteiger charge is -2.20. The highest BCUT2D eigenvalue weighted by molar-refractivity contribution is 6.52. The van der Waals surface area contributed by atoms with Crippen LogP contribution in [0, 0.1) is 12.8 Å². The molecule has 0 aliphatic carbocycles. The lowest BCUT2D eigenvalue weighted by atomic mass is 10.1. The Morgan fingerprint density at radius 2 is 2.06 bits per heavy atom. The van der Waals surface area contributed by atoms with Gasteiger partial charge in [0, 0.05) is 6.54 Å². The first kappa shape index (κ1) is 11.8. The van der Waals surface area contributed by atoms with Gasteiger partial charge < -0.3 is 10.6 Å². The number of hydrogen-bond acceptors (Lipinski definition) is 3. The van der Waals surface area contributed by atoms with E-state index in [-0.39, 0.29) is 5.92 Å². The van der Waals surface area contributed by atoms with Crippen molar-refractivity contribution in [2.75, 3.05) is 18.0 Å². The number of carbonyl (C=O) groups is 2. The molecular weight excluding hydrogens is 216 g/mol. The number of nitrogens with two attached hydrogens (primary N) is 1. The van der Waals surface area contributed by atoms with Crippen molar-refractivity contribution in [3.8, 4) is 0 Å². The predicted octanol–water partition coefficient (Wildman–Crippen LogP) is 1.12. The first-order chi connectivity index (χ1) is 8.04. The maximum atomic E-state index is 11.9. The van der Waals surface area contributed by atoms with E-state index in [0.29, 0.717) is 24.3 Å². The third-order valence-electron chi connectivity index (χ3n) is 3.02. The summed E-state index contributed by atoms with van der Waals surface area (Å²) in [6.45, 7) is 4.86. The number of aryl methyl sites for hydroxylation is 1. The van der Waals surface area contributed by atoms with Crippen LogP contribution in [0.3, 0.4) is 0 Å². The van der Waals surface area contributed by atoms with Crippen molar-refractivity contribution in [3.05, 3.63) is 29.3 Å². The second-order valence-electron chi connectivity index (χ2n) is 4.61. The maximum Gasteiger partial charge on any atom is 0.299 e. The molecule has 0 radical (unpaired) electrons. The summed E-state index contributed by atoms with van der Waals surface area (Å²) in [5, 5.41) is 0. The van der Waals surface area contributed by atoms with Gasteiger partial charge in [-0.25, -0.2) is 0 Å². The van der Waals surface area contributed by atoms with E-state index in [1.54, 1.807) is 6.07 Å². The van der Waals surface area contributed by atoms with Crippen LogP contribution in [0.25, 0.3) is 0 Å². The fourth-order valence-electron chi connectivity index (χ4n) is 1.98. The van der Waals surface area contributed by atoms with Gasteiger partial charge in [-0.3, -0.25) is 9.59 Å². The minimum absolute atomic E-state index is 0.180. The van der Waals surface area contributed by atoms with E-state index in [9.17, 15) is 9.59 Å². The summed E-state index contributed by atoms with van der Waals surface area (Å²) < 4.78 is 0. The third-order valence-corrected chi connectivity index (χ3v) is 3.02. The lowest BCUT2D eigenvalue weighted by molar-refractivity contribution is -0.114. The summed E-state index contributed by atoms with van der Waals surface area (Å²) in [5.41, 5.74) is 7.76. The number of ketones is 1. The van der Waals surface area contributed by atoms with Crippen LogP contribution in [0.5, 0.6) is 0 Å². The summed E-state index contributed by atoms with van der Waals surface area (Å²) in [6.07, 6.45) is 0. The Morgan fingerprint density at radius 3 is 2.71 bits per heavy atom. The normalized spacial score (nSPS) is 16.3. The Hall–Kier alpha value is -1.68. The average molecular weight is 232 g/mol. The van der Waals surface area contributed by atoms with Gasteiger partial charge in [-0.05, 0) is 31.5 Å². The van der Waals surface area contributed by atoms with Gasteiger partial charge in [0.05, 0.1) is 11.3 Å². The molecule has 0 bridgehead atoms. The fraction of sp³-hybridized carbons (Fsp3) is 0.385. The molecule has 90 valence electrons. The molecule has 1 aromatic carbocycles. The van der Waals surface area contributed by atoms with Crippen LogP contribution in [0.2, 0.25) is 0 Å². The quantitative estimate of drug-likeness (QED) is 0.794. The van der Waals surface area contributed by atoms with Gasteiger partial charge in [0.25, 0.3) is 11.7 Å². The lowest BCUT2D eigenvalue weighted by Crippen LogP contribution is -2.35. The molecule has 0 fully saturated rings. The summed E-state index contributed by atoms with van der Waals surface area (Å²) in [6, 6.07) is 5.50. The van der Waals surface area contributed by atoms with Gasteiger partial charge in [0.1, 0.15) is 0 Å². The van der Waals surface area contributed by atoms with Crippen LogP contribution in [-0.4, -0.2) is 24.8 Å². The number of benzene rings is 1. The summed E-state index contributed by atoms with van der Waals surface area (Å²) in [7, 11) is 0. The predicted molar refractivity (Wildman–Crippen MR) is 66.1 cm³/mol. The van der Waals surface area contributed by atoms with Crippen molar-refractivity contribution in [2.45, 2.75) is 13.8 Å². The summed E-state index contributed by atoms with van der Waals surface area (Å²) in [5.74, 6) is -0.669. The smallest absolute Gasteiger partial charge is 0.299 e. The van der Waals surface area contributed by atoms with Crippen molar-refractivity contribution in [1.82, 2.24) is 0 Å². The molecule has 17 heavy (non-hydrogen) atoms. The van der Waals surface area contributed by atoms with E-state index in [0.717, 1.165) is 5.56 Å². The van der Waals surface area contributed by atoms with Crippen LogP contribution in [-0.2, 0) is 4.79 Å². The molecule has 0 spiro atoms. The largest absolute Gasteiger partial charge is 0.330 e. The molecule has 1 heterocycles. The molecule has 0 saturated carbocycles. The number of anilines is 1. The van der Waals surface area contributed by atoms with E-state index in [2.05, 4.69) is 0 Å². The molecule has 1 atom stereocenters. The SMILES string of the molecule is Cc1ccc2c(c1)C(=O)C(=O)N2CC(C)CN. The molecule has 2 rings (SSSR count). The number of fused-ring (bicyclic) bond motifs is 1. The van der Waals surface area contributed by atoms with Crippen LogP contribution >= 0.6 is 0 Å². The topological polar surface area (TPSA) is 63.4 Å². The molecule has 4 heteroatoms. The van der Waals surface area contributed by atoms with Crippen molar-refractivity contribution < 1.29 is 9.59 Å². The Morgan fingerprint density at radius 1 is 1.35 bits per heavy atom. The van der Waals surface area contributed by atoms with Crippen LogP contribution in [0.15, 0.2) is 18.2 Å². The first-order valence-electron chi connectivity index (χ1n) is 5.71. The molecule has 2 N–H and O–H groups in total. The average Bonchev–Trinajstić information content (AvgIpc) is 2.54. The monoisotopic (exact) mass is 232 g/mol. The highest BCUT2D eigenvalue weighted by Crippen LogP contribution is 2.30. The molecule has 1 aliphatic rings. The van der Waals surface area contributed by atoms with Gasteiger partial charge in [-0.2, -0.15) is 0 Å². The second kappa shape index (κ2) is 4.30. The zero-order chi connectivity index (χ0) is 12.6. The number of nitrogens with zero attached hydrogens (tertiary/aromatic N) is 1. The molecule has 0 aromatic heterocycles. The minimum atomic E-state index is -0.439. The van der Waals surface area contributed by atoms with Crippen molar-refractivity contribution >= 4 is 17.4 Å². The Labute approximate surface area is 100 Å². The number of amides is 1. The van der Waals surface area contributed by atoms with E-state index in [1.807, 2.05) is 26.0 Å². The van der Waals surface area contributed by atoms with E-state index < -0.39 is 11.7 Å². The molecule has 0 saturated heterocycles. The maximum absolute atomic E-state index is 11.9. The van der Waals surface area contributed by atoms with Gasteiger partial charge in [-0.1, -0.05) is 18.6 Å². The first-order valence-corrected chi connectivity index (χ1v) is 5.71. The minimum Gasteiger partial charge on any atom is -0.330 e. The number of Topliss-reactive ketones (excluding diaryl/α,β-unsaturated/α-hetero) is 1. The number of rotatable bonds is 3. The van der Waals surface area contributed by atoms with Gasteiger partial charge in [0.15, 0.2) is 0 Å². The third kappa shape index (κ3) is 1.96. The van der Waals surface area contributed by atoms with Crippen LogP contribution in [0.4, 0.5) is 5.69 Å². The van der Waals surface area contributed by atoms with Gasteiger partial charge in [0.2, 0.25) is 0 Å². The summed E-state index contributed by atoms with van der Waals surface area (Å²) >= 11 is 0. The molecule has 4 nitrogen and oxygen atoms in total. The zero-order valence-corrected chi connectivity index (χ0v) is 10.1. The van der Waals surface area contributed by atoms with Crippen molar-refractivity contribution in [3.63, 3.8) is 0 Å². The molecule has 1 aliphatic heterocycles. The highest BCUT2D eigenvalue weighted by atomic mass is 16.2. The number of carbonyl (C=O) groups excluding carboxylic acids is 2. The van der Waals surface area contributed by atoms with Gasteiger partial charge in [-0.15, -0.1) is 0 Å². The highest BCUT2D eigenvalue weighted by Gasteiger charge is 2.35. The van der Waals surface area contributed by atoms with Crippen LogP contribution < -0.4 is 10.6 Å². The fourth-order valence-corrected chi connectivity index (χ4v) is 1.98. The molecule has 1 unspecified atom stereocenters. The second-order valence-corrected chi connectivity index (χ2v) is 4.61. The zero-order valence-electron chi connectivity index (χ0n) is 10.1.